The van der Waals surface area contributed by atoms with Crippen molar-refractivity contribution < 1.29 is 4.79 Å². The molecule has 3 nitrogen and oxygen atoms in total. The molecule has 0 bridgehead atoms. The van der Waals surface area contributed by atoms with E-state index in [-0.39, 0.29) is 5.91 Å². The number of carbonyl (C=O) groups is 1. The molecule has 0 spiro atoms. The molecular weight excluding hydrogens is 184 g/mol. The highest BCUT2D eigenvalue weighted by Crippen LogP contribution is 2.07. The topological polar surface area (TPSA) is 41.1 Å². The molecule has 0 radical (unpaired) electrons. The lowest BCUT2D eigenvalue weighted by Gasteiger charge is -2.02. The molecular formula is C9H14N2OS. The average molecular weight is 198 g/mol. The van der Waals surface area contributed by atoms with Crippen LogP contribution in [-0.2, 0) is 11.3 Å². The third-order valence-electron chi connectivity index (χ3n) is 1.64. The van der Waals surface area contributed by atoms with Gasteiger partial charge in [0, 0.05) is 17.8 Å². The van der Waals surface area contributed by atoms with Gasteiger partial charge in [-0.05, 0) is 18.5 Å². The zero-order valence-electron chi connectivity index (χ0n) is 7.67. The Labute approximate surface area is 82.2 Å². The second kappa shape index (κ2) is 5.72. The van der Waals surface area contributed by atoms with E-state index in [2.05, 4.69) is 10.6 Å². The Morgan fingerprint density at radius 3 is 3.08 bits per heavy atom. The lowest BCUT2D eigenvalue weighted by Crippen LogP contribution is -2.25. The first-order valence-electron chi connectivity index (χ1n) is 4.26. The molecule has 72 valence electrons. The minimum atomic E-state index is 0.0998. The lowest BCUT2D eigenvalue weighted by atomic mass is 10.4. The molecule has 13 heavy (non-hydrogen) atoms. The van der Waals surface area contributed by atoms with Gasteiger partial charge in [-0.25, -0.2) is 0 Å². The summed E-state index contributed by atoms with van der Waals surface area (Å²) in [7, 11) is 1.84. The van der Waals surface area contributed by atoms with Crippen LogP contribution >= 0.6 is 11.3 Å². The normalized spacial score (nSPS) is 9.92. The van der Waals surface area contributed by atoms with E-state index < -0.39 is 0 Å². The van der Waals surface area contributed by atoms with E-state index in [0.717, 1.165) is 6.54 Å². The molecule has 1 amide bonds. The zero-order valence-corrected chi connectivity index (χ0v) is 8.49. The summed E-state index contributed by atoms with van der Waals surface area (Å²) >= 11 is 1.66. The van der Waals surface area contributed by atoms with Gasteiger partial charge in [-0.15, -0.1) is 11.3 Å². The largest absolute Gasteiger partial charge is 0.351 e. The van der Waals surface area contributed by atoms with E-state index in [9.17, 15) is 4.79 Å². The fraction of sp³-hybridized carbons (Fsp3) is 0.444. The van der Waals surface area contributed by atoms with E-state index in [4.69, 9.17) is 0 Å². The average Bonchev–Trinajstić information content (AvgIpc) is 2.64. The molecule has 0 unspecified atom stereocenters. The van der Waals surface area contributed by atoms with Crippen LogP contribution in [0.25, 0.3) is 0 Å². The van der Waals surface area contributed by atoms with Gasteiger partial charge >= 0.3 is 0 Å². The van der Waals surface area contributed by atoms with Crippen molar-refractivity contribution in [1.82, 2.24) is 10.6 Å². The molecule has 1 aromatic rings. The van der Waals surface area contributed by atoms with Gasteiger partial charge in [-0.1, -0.05) is 6.07 Å². The van der Waals surface area contributed by atoms with Gasteiger partial charge in [-0.3, -0.25) is 4.79 Å². The maximum atomic E-state index is 11.2. The highest BCUT2D eigenvalue weighted by Gasteiger charge is 1.99. The molecule has 2 N–H and O–H groups in total. The number of carbonyl (C=O) groups excluding carboxylic acids is 1. The predicted molar refractivity (Wildman–Crippen MR) is 54.7 cm³/mol. The van der Waals surface area contributed by atoms with Gasteiger partial charge in [0.05, 0.1) is 6.54 Å². The standard InChI is InChI=1S/C9H14N2OS/c1-10-5-4-9(12)11-7-8-3-2-6-13-8/h2-3,6,10H,4-5,7H2,1H3,(H,11,12). The highest BCUT2D eigenvalue weighted by molar-refractivity contribution is 7.09. The second-order valence-electron chi connectivity index (χ2n) is 2.71. The van der Waals surface area contributed by atoms with Crippen molar-refractivity contribution in [2.75, 3.05) is 13.6 Å². The van der Waals surface area contributed by atoms with E-state index in [0.29, 0.717) is 13.0 Å². The van der Waals surface area contributed by atoms with Crippen LogP contribution in [0.1, 0.15) is 11.3 Å². The van der Waals surface area contributed by atoms with Gasteiger partial charge in [0.25, 0.3) is 0 Å². The van der Waals surface area contributed by atoms with Crippen LogP contribution in [-0.4, -0.2) is 19.5 Å². The van der Waals surface area contributed by atoms with Crippen molar-refractivity contribution in [1.29, 1.82) is 0 Å². The first kappa shape index (κ1) is 10.2. The van der Waals surface area contributed by atoms with E-state index in [1.165, 1.54) is 4.88 Å². The minimum Gasteiger partial charge on any atom is -0.351 e. The summed E-state index contributed by atoms with van der Waals surface area (Å²) in [6.45, 7) is 1.39. The number of hydrogen-bond acceptors (Lipinski definition) is 3. The van der Waals surface area contributed by atoms with Crippen molar-refractivity contribution in [3.05, 3.63) is 22.4 Å². The quantitative estimate of drug-likeness (QED) is 0.740. The van der Waals surface area contributed by atoms with Gasteiger partial charge < -0.3 is 10.6 Å². The van der Waals surface area contributed by atoms with Crippen molar-refractivity contribution in [3.63, 3.8) is 0 Å². The second-order valence-corrected chi connectivity index (χ2v) is 3.74. The van der Waals surface area contributed by atoms with E-state index in [1.807, 2.05) is 24.6 Å². The van der Waals surface area contributed by atoms with Crippen molar-refractivity contribution >= 4 is 17.2 Å². The molecule has 1 aromatic heterocycles. The summed E-state index contributed by atoms with van der Waals surface area (Å²) < 4.78 is 0. The zero-order chi connectivity index (χ0) is 9.52. The van der Waals surface area contributed by atoms with Crippen LogP contribution in [0.15, 0.2) is 17.5 Å². The maximum Gasteiger partial charge on any atom is 0.221 e. The molecule has 0 saturated heterocycles. The Morgan fingerprint density at radius 1 is 1.62 bits per heavy atom. The number of thiophene rings is 1. The Hall–Kier alpha value is -0.870. The molecule has 0 aromatic carbocycles. The monoisotopic (exact) mass is 198 g/mol. The molecule has 0 aliphatic carbocycles. The van der Waals surface area contributed by atoms with Crippen LogP contribution in [0.3, 0.4) is 0 Å². The summed E-state index contributed by atoms with van der Waals surface area (Å²) in [4.78, 5) is 12.3. The van der Waals surface area contributed by atoms with Crippen LogP contribution in [0.5, 0.6) is 0 Å². The Kier molecular flexibility index (Phi) is 4.49. The first-order chi connectivity index (χ1) is 6.33. The number of hydrogen-bond donors (Lipinski definition) is 2. The Morgan fingerprint density at radius 2 is 2.46 bits per heavy atom. The Balaban J connectivity index is 2.15. The summed E-state index contributed by atoms with van der Waals surface area (Å²) in [5.74, 6) is 0.0998. The molecule has 1 heterocycles. The number of rotatable bonds is 5. The number of amides is 1. The summed E-state index contributed by atoms with van der Waals surface area (Å²) in [5.41, 5.74) is 0. The number of nitrogens with one attached hydrogen (secondary N) is 2. The van der Waals surface area contributed by atoms with Crippen LogP contribution in [0.4, 0.5) is 0 Å². The van der Waals surface area contributed by atoms with Gasteiger partial charge in [0.1, 0.15) is 0 Å². The maximum absolute atomic E-state index is 11.2. The third-order valence-corrected chi connectivity index (χ3v) is 2.52. The molecule has 0 aliphatic rings. The molecule has 0 saturated carbocycles. The van der Waals surface area contributed by atoms with E-state index >= 15 is 0 Å². The summed E-state index contributed by atoms with van der Waals surface area (Å²) in [5, 5.41) is 7.79. The van der Waals surface area contributed by atoms with Crippen LogP contribution in [0.2, 0.25) is 0 Å². The van der Waals surface area contributed by atoms with Crippen molar-refractivity contribution in [3.8, 4) is 0 Å². The summed E-state index contributed by atoms with van der Waals surface area (Å²) in [6.07, 6.45) is 0.544. The first-order valence-corrected chi connectivity index (χ1v) is 5.14. The van der Waals surface area contributed by atoms with Gasteiger partial charge in [0.15, 0.2) is 0 Å². The highest BCUT2D eigenvalue weighted by atomic mass is 32.1. The SMILES string of the molecule is CNCCC(=O)NCc1cccs1. The van der Waals surface area contributed by atoms with Gasteiger partial charge in [-0.2, -0.15) is 0 Å². The summed E-state index contributed by atoms with van der Waals surface area (Å²) in [6, 6.07) is 4.00. The predicted octanol–water partition coefficient (Wildman–Crippen LogP) is 0.974. The fourth-order valence-electron chi connectivity index (χ4n) is 0.926. The fourth-order valence-corrected chi connectivity index (χ4v) is 1.57. The Bertz CT molecular complexity index is 246. The van der Waals surface area contributed by atoms with Crippen LogP contribution < -0.4 is 10.6 Å². The lowest BCUT2D eigenvalue weighted by molar-refractivity contribution is -0.121. The molecule has 0 atom stereocenters. The molecule has 0 fully saturated rings. The van der Waals surface area contributed by atoms with Crippen molar-refractivity contribution in [2.45, 2.75) is 13.0 Å². The molecule has 1 rings (SSSR count). The van der Waals surface area contributed by atoms with Crippen molar-refractivity contribution in [2.24, 2.45) is 0 Å². The smallest absolute Gasteiger partial charge is 0.221 e. The molecule has 0 aliphatic heterocycles. The van der Waals surface area contributed by atoms with Crippen LogP contribution in [0, 0.1) is 0 Å². The third kappa shape index (κ3) is 4.05. The molecule has 4 heteroatoms. The van der Waals surface area contributed by atoms with E-state index in [1.54, 1.807) is 11.3 Å². The minimum absolute atomic E-state index is 0.0998. The van der Waals surface area contributed by atoms with Gasteiger partial charge in [0.2, 0.25) is 5.91 Å².